The Kier molecular flexibility index (Phi) is 5.57. The van der Waals surface area contributed by atoms with E-state index in [1.54, 1.807) is 0 Å². The molecule has 0 bridgehead atoms. The smallest absolute Gasteiger partial charge is 0.101 e. The zero-order valence-corrected chi connectivity index (χ0v) is 16.1. The van der Waals surface area contributed by atoms with Gasteiger partial charge in [-0.1, -0.05) is 18.6 Å². The minimum absolute atomic E-state index is 0. The average molecular weight is 366 g/mol. The number of ether oxygens (including phenoxy) is 1. The molecule has 2 nitrogen and oxygen atoms in total. The van der Waals surface area contributed by atoms with Crippen LogP contribution in [0.2, 0.25) is 0 Å². The molecule has 1 heterocycles. The monoisotopic (exact) mass is 366 g/mol. The summed E-state index contributed by atoms with van der Waals surface area (Å²) in [5.74, 6) is 1.01. The van der Waals surface area contributed by atoms with Gasteiger partial charge in [-0.2, -0.15) is 24.3 Å². The minimum atomic E-state index is -0.107. The van der Waals surface area contributed by atoms with Crippen molar-refractivity contribution in [1.29, 1.82) is 0 Å². The molecule has 1 aliphatic rings. The molecule has 2 aromatic rings. The van der Waals surface area contributed by atoms with Gasteiger partial charge < -0.3 is 9.73 Å². The molecule has 0 aromatic heterocycles. The summed E-state index contributed by atoms with van der Waals surface area (Å²) in [7, 11) is 0. The molecular weight excluding hydrogens is 347 g/mol. The van der Waals surface area contributed by atoms with E-state index in [0.29, 0.717) is 0 Å². The molecule has 2 aromatic carbocycles. The van der Waals surface area contributed by atoms with Gasteiger partial charge in [-0.25, -0.2) is 6.07 Å². The first-order chi connectivity index (χ1) is 10.1. The molecule has 0 amide bonds. The molecule has 1 unspecified atom stereocenters. The third kappa shape index (κ3) is 3.50. The maximum atomic E-state index is 6.18. The van der Waals surface area contributed by atoms with E-state index in [1.165, 1.54) is 11.1 Å². The first-order valence-corrected chi connectivity index (χ1v) is 7.36. The zero-order chi connectivity index (χ0) is 14.9. The average Bonchev–Trinajstić information content (AvgIpc) is 2.87. The second kappa shape index (κ2) is 7.06. The predicted molar refractivity (Wildman–Crippen MR) is 85.7 cm³/mol. The molecule has 0 saturated heterocycles. The number of hydrogen-bond donors (Lipinski definition) is 0. The number of benzene rings is 2. The summed E-state index contributed by atoms with van der Waals surface area (Å²) in [6, 6.07) is 14.9. The van der Waals surface area contributed by atoms with Crippen LogP contribution in [0.3, 0.4) is 0 Å². The summed E-state index contributed by atoms with van der Waals surface area (Å²) < 4.78 is 6.18. The van der Waals surface area contributed by atoms with E-state index < -0.39 is 0 Å². The van der Waals surface area contributed by atoms with Crippen LogP contribution in [-0.2, 0) is 39.1 Å². The van der Waals surface area contributed by atoms with Crippen LogP contribution in [0.5, 0.6) is 5.75 Å². The van der Waals surface area contributed by atoms with Gasteiger partial charge in [0.2, 0.25) is 0 Å². The van der Waals surface area contributed by atoms with Crippen molar-refractivity contribution in [3.8, 4) is 5.75 Å². The fraction of sp³-hybridized carbons (Fsp3) is 0.316. The van der Waals surface area contributed by atoms with Gasteiger partial charge in [0.15, 0.2) is 0 Å². The maximum Gasteiger partial charge on any atom is 0.101 e. The molecule has 0 aliphatic carbocycles. The molecule has 3 rings (SSSR count). The first-order valence-electron chi connectivity index (χ1n) is 7.36. The van der Waals surface area contributed by atoms with E-state index in [-0.39, 0.29) is 38.3 Å². The van der Waals surface area contributed by atoms with Gasteiger partial charge in [-0.3, -0.25) is 0 Å². The molecule has 1 aliphatic heterocycles. The quantitative estimate of drug-likeness (QED) is 0.578. The van der Waals surface area contributed by atoms with E-state index in [0.717, 1.165) is 29.8 Å². The van der Waals surface area contributed by atoms with E-state index in [9.17, 15) is 0 Å². The Bertz CT molecular complexity index is 681. The predicted octanol–water partition coefficient (Wildman–Crippen LogP) is 4.52. The van der Waals surface area contributed by atoms with Crippen LogP contribution >= 0.6 is 0 Å². The summed E-state index contributed by atoms with van der Waals surface area (Å²) in [5, 5.41) is 0. The van der Waals surface area contributed by atoms with Crippen molar-refractivity contribution in [1.82, 2.24) is 0 Å². The number of para-hydroxylation sites is 1. The Morgan fingerprint density at radius 1 is 1.32 bits per heavy atom. The van der Waals surface area contributed by atoms with Crippen LogP contribution in [0, 0.1) is 13.0 Å². The van der Waals surface area contributed by atoms with Gasteiger partial charge in [-0.05, 0) is 38.5 Å². The molecule has 1 radical (unpaired) electrons. The molecule has 111 valence electrons. The normalized spacial score (nSPS) is 19.6. The van der Waals surface area contributed by atoms with Crippen LogP contribution in [0.1, 0.15) is 37.0 Å². The van der Waals surface area contributed by atoms with Crippen LogP contribution in [0.4, 0.5) is 5.69 Å². The number of nitrogens with zero attached hydrogens (tertiary/aromatic N) is 1. The van der Waals surface area contributed by atoms with Gasteiger partial charge in [0, 0.05) is 32.7 Å². The van der Waals surface area contributed by atoms with E-state index in [1.807, 2.05) is 24.3 Å². The number of aryl methyl sites for hydroxylation is 1. The zero-order valence-electron chi connectivity index (χ0n) is 13.3. The summed E-state index contributed by atoms with van der Waals surface area (Å²) in [4.78, 5) is 4.40. The van der Waals surface area contributed by atoms with E-state index in [4.69, 9.17) is 4.74 Å². The van der Waals surface area contributed by atoms with Crippen molar-refractivity contribution in [3.05, 3.63) is 59.2 Å². The molecule has 0 saturated carbocycles. The van der Waals surface area contributed by atoms with Gasteiger partial charge in [0.1, 0.15) is 5.60 Å². The number of fused-ring (bicyclic) bond motifs is 1. The van der Waals surface area contributed by atoms with Gasteiger partial charge in [0.25, 0.3) is 0 Å². The minimum Gasteiger partial charge on any atom is -0.497 e. The van der Waals surface area contributed by atoms with Crippen LogP contribution in [0.25, 0.3) is 0 Å². The van der Waals surface area contributed by atoms with Crippen LogP contribution < -0.4 is 4.74 Å². The van der Waals surface area contributed by atoms with Crippen molar-refractivity contribution in [3.63, 3.8) is 0 Å². The maximum absolute atomic E-state index is 6.18. The third-order valence-corrected chi connectivity index (χ3v) is 4.09. The number of hydrogen-bond acceptors (Lipinski definition) is 2. The molecule has 0 fully saturated rings. The summed E-state index contributed by atoms with van der Waals surface area (Å²) in [6.07, 6.45) is 5.07. The van der Waals surface area contributed by atoms with E-state index in [2.05, 4.69) is 50.2 Å². The molecule has 0 N–H and O–H groups in total. The SMILES string of the molecule is CCC1(C)Cc2c([C-]=Nc3[c-]cccc3)ccc(C)c2O1.[Y]. The van der Waals surface area contributed by atoms with E-state index >= 15 is 0 Å². The Hall–Kier alpha value is -0.986. The van der Waals surface area contributed by atoms with Crippen molar-refractivity contribution < 1.29 is 37.4 Å². The molecule has 3 heteroatoms. The fourth-order valence-corrected chi connectivity index (χ4v) is 2.59. The summed E-state index contributed by atoms with van der Waals surface area (Å²) in [5.41, 5.74) is 4.11. The topological polar surface area (TPSA) is 21.6 Å². The third-order valence-electron chi connectivity index (χ3n) is 4.09. The van der Waals surface area contributed by atoms with Gasteiger partial charge >= 0.3 is 0 Å². The van der Waals surface area contributed by atoms with Crippen LogP contribution in [-0.4, -0.2) is 11.8 Å². The Morgan fingerprint density at radius 2 is 2.14 bits per heavy atom. The molecule has 0 spiro atoms. The number of rotatable bonds is 3. The second-order valence-corrected chi connectivity index (χ2v) is 5.79. The van der Waals surface area contributed by atoms with Gasteiger partial charge in [-0.15, -0.1) is 17.3 Å². The van der Waals surface area contributed by atoms with Crippen molar-refractivity contribution in [2.45, 2.75) is 39.2 Å². The van der Waals surface area contributed by atoms with Crippen molar-refractivity contribution in [2.75, 3.05) is 0 Å². The Labute approximate surface area is 157 Å². The Balaban J connectivity index is 0.00000176. The first kappa shape index (κ1) is 17.4. The van der Waals surface area contributed by atoms with Gasteiger partial charge in [0.05, 0.1) is 5.75 Å². The van der Waals surface area contributed by atoms with Crippen molar-refractivity contribution >= 4 is 11.9 Å². The standard InChI is InChI=1S/C19H19NO.Y/c1-4-19(3)12-17-15(11-10-14(2)18(17)21-19)13-20-16-8-6-5-7-9-16;/h5-8,10-11H,4,12H2,1-3H3;/q-2;. The molecule has 1 atom stereocenters. The molecule has 22 heavy (non-hydrogen) atoms. The number of aliphatic imine (C=N–C) groups is 1. The largest absolute Gasteiger partial charge is 0.497 e. The Morgan fingerprint density at radius 3 is 2.82 bits per heavy atom. The van der Waals surface area contributed by atoms with Crippen molar-refractivity contribution in [2.24, 2.45) is 4.99 Å². The second-order valence-electron chi connectivity index (χ2n) is 5.79. The molecular formula is C19H19NOY-2. The fourth-order valence-electron chi connectivity index (χ4n) is 2.59. The van der Waals surface area contributed by atoms with Crippen LogP contribution in [0.15, 0.2) is 41.4 Å². The summed E-state index contributed by atoms with van der Waals surface area (Å²) in [6.45, 7) is 6.42. The summed E-state index contributed by atoms with van der Waals surface area (Å²) >= 11 is 0.